The predicted molar refractivity (Wildman–Crippen MR) is 102 cm³/mol. The van der Waals surface area contributed by atoms with E-state index < -0.39 is 0 Å². The van der Waals surface area contributed by atoms with Gasteiger partial charge in [0.05, 0.1) is 0 Å². The first-order chi connectivity index (χ1) is 11.8. The smallest absolute Gasteiger partial charge is 0.0443 e. The fourth-order valence-electron chi connectivity index (χ4n) is 3.65. The molecule has 0 radical (unpaired) electrons. The third-order valence-electron chi connectivity index (χ3n) is 5.04. The number of rotatable bonds is 3. The van der Waals surface area contributed by atoms with Gasteiger partial charge in [0.25, 0.3) is 0 Å². The van der Waals surface area contributed by atoms with Crippen LogP contribution in [0.4, 0.5) is 5.69 Å². The molecule has 0 atom stereocenters. The van der Waals surface area contributed by atoms with E-state index in [1.807, 2.05) is 0 Å². The van der Waals surface area contributed by atoms with E-state index in [0.717, 1.165) is 32.6 Å². The summed E-state index contributed by atoms with van der Waals surface area (Å²) >= 11 is 0. The summed E-state index contributed by atoms with van der Waals surface area (Å²) in [5.41, 5.74) is 7.03. The van der Waals surface area contributed by atoms with Crippen molar-refractivity contribution in [2.24, 2.45) is 0 Å². The fourth-order valence-corrected chi connectivity index (χ4v) is 3.65. The maximum absolute atomic E-state index is 2.52. The summed E-state index contributed by atoms with van der Waals surface area (Å²) in [6.45, 7) is 6.39. The lowest BCUT2D eigenvalue weighted by Gasteiger charge is -2.32. The molecule has 0 saturated heterocycles. The second kappa shape index (κ2) is 6.56. The van der Waals surface area contributed by atoms with Crippen molar-refractivity contribution in [2.45, 2.75) is 19.9 Å². The number of anilines is 1. The molecule has 0 N–H and O–H groups in total. The highest BCUT2D eigenvalue weighted by Gasteiger charge is 2.18. The number of benzene rings is 2. The van der Waals surface area contributed by atoms with Gasteiger partial charge in [-0.1, -0.05) is 42.5 Å². The molecule has 122 valence electrons. The molecule has 0 amide bonds. The third-order valence-corrected chi connectivity index (χ3v) is 5.04. The molecule has 0 fully saturated rings. The maximum Gasteiger partial charge on any atom is 0.0443 e. The largest absolute Gasteiger partial charge is 0.373 e. The van der Waals surface area contributed by atoms with Gasteiger partial charge in [0.15, 0.2) is 0 Å². The molecular formula is C22H24N2. The Bertz CT molecular complexity index is 788. The molecule has 0 unspecified atom stereocenters. The number of likely N-dealkylation sites (N-methyl/N-ethyl adjacent to an activating group) is 1. The number of hydrogen-bond acceptors (Lipinski definition) is 2. The van der Waals surface area contributed by atoms with Crippen LogP contribution in [0, 0.1) is 0 Å². The van der Waals surface area contributed by atoms with E-state index in [4.69, 9.17) is 0 Å². The molecule has 2 aromatic carbocycles. The molecular weight excluding hydrogens is 292 g/mol. The van der Waals surface area contributed by atoms with Crippen LogP contribution < -0.4 is 4.90 Å². The van der Waals surface area contributed by atoms with Crippen LogP contribution in [0.3, 0.4) is 0 Å². The van der Waals surface area contributed by atoms with Crippen molar-refractivity contribution in [3.05, 3.63) is 83.1 Å². The standard InChI is InChI=1S/C22H24N2/c1-2-23-13-11-18(16-23)15-20-8-5-6-10-22(20)24-14-12-19-7-3-4-9-21(19)17-24/h3-11,13,15H,2,12,14,16-17H2,1H3/b18-15+. The molecule has 2 heteroatoms. The molecule has 2 aliphatic heterocycles. The second-order valence-corrected chi connectivity index (χ2v) is 6.60. The van der Waals surface area contributed by atoms with E-state index >= 15 is 0 Å². The fraction of sp³-hybridized carbons (Fsp3) is 0.273. The molecule has 0 saturated carbocycles. The van der Waals surface area contributed by atoms with Gasteiger partial charge < -0.3 is 9.80 Å². The minimum Gasteiger partial charge on any atom is -0.373 e. The van der Waals surface area contributed by atoms with Gasteiger partial charge in [0.2, 0.25) is 0 Å². The summed E-state index contributed by atoms with van der Waals surface area (Å²) in [5.74, 6) is 0. The molecule has 2 nitrogen and oxygen atoms in total. The van der Waals surface area contributed by atoms with Gasteiger partial charge in [-0.25, -0.2) is 0 Å². The predicted octanol–water partition coefficient (Wildman–Crippen LogP) is 4.48. The van der Waals surface area contributed by atoms with Crippen molar-refractivity contribution < 1.29 is 0 Å². The van der Waals surface area contributed by atoms with Gasteiger partial charge in [-0.05, 0) is 60.0 Å². The molecule has 2 aromatic rings. The molecule has 0 aromatic heterocycles. The zero-order valence-electron chi connectivity index (χ0n) is 14.3. The molecule has 4 rings (SSSR count). The summed E-state index contributed by atoms with van der Waals surface area (Å²) in [4.78, 5) is 4.86. The monoisotopic (exact) mass is 316 g/mol. The van der Waals surface area contributed by atoms with E-state index in [0.29, 0.717) is 0 Å². The van der Waals surface area contributed by atoms with E-state index in [1.165, 1.54) is 28.0 Å². The van der Waals surface area contributed by atoms with Crippen LogP contribution in [0.25, 0.3) is 6.08 Å². The van der Waals surface area contributed by atoms with Crippen molar-refractivity contribution in [1.82, 2.24) is 4.90 Å². The Kier molecular flexibility index (Phi) is 4.12. The van der Waals surface area contributed by atoms with Crippen molar-refractivity contribution >= 4 is 11.8 Å². The second-order valence-electron chi connectivity index (χ2n) is 6.60. The highest BCUT2D eigenvalue weighted by Crippen LogP contribution is 2.29. The van der Waals surface area contributed by atoms with Crippen LogP contribution in [0.1, 0.15) is 23.6 Å². The van der Waals surface area contributed by atoms with Gasteiger partial charge >= 0.3 is 0 Å². The minimum absolute atomic E-state index is 1.01. The molecule has 0 aliphatic carbocycles. The summed E-state index contributed by atoms with van der Waals surface area (Å²) < 4.78 is 0. The van der Waals surface area contributed by atoms with Gasteiger partial charge in [0, 0.05) is 31.9 Å². The first-order valence-corrected chi connectivity index (χ1v) is 8.87. The molecule has 2 heterocycles. The summed E-state index contributed by atoms with van der Waals surface area (Å²) in [7, 11) is 0. The average molecular weight is 316 g/mol. The van der Waals surface area contributed by atoms with Crippen molar-refractivity contribution in [3.8, 4) is 0 Å². The van der Waals surface area contributed by atoms with Crippen molar-refractivity contribution in [3.63, 3.8) is 0 Å². The van der Waals surface area contributed by atoms with Crippen LogP contribution in [0.5, 0.6) is 0 Å². The highest BCUT2D eigenvalue weighted by atomic mass is 15.1. The molecule has 0 bridgehead atoms. The third kappa shape index (κ3) is 2.96. The normalized spacial score (nSPS) is 18.3. The Morgan fingerprint density at radius 1 is 0.958 bits per heavy atom. The lowest BCUT2D eigenvalue weighted by molar-refractivity contribution is 0.451. The van der Waals surface area contributed by atoms with Crippen LogP contribution in [0.15, 0.2) is 66.4 Å². The van der Waals surface area contributed by atoms with Crippen LogP contribution in [-0.4, -0.2) is 24.5 Å². The van der Waals surface area contributed by atoms with Gasteiger partial charge in [-0.3, -0.25) is 0 Å². The first-order valence-electron chi connectivity index (χ1n) is 8.87. The van der Waals surface area contributed by atoms with Crippen LogP contribution in [-0.2, 0) is 13.0 Å². The minimum atomic E-state index is 1.01. The molecule has 0 spiro atoms. The Morgan fingerprint density at radius 3 is 2.58 bits per heavy atom. The van der Waals surface area contributed by atoms with Crippen LogP contribution in [0.2, 0.25) is 0 Å². The quantitative estimate of drug-likeness (QED) is 0.823. The number of hydrogen-bond donors (Lipinski definition) is 0. The Labute approximate surface area is 144 Å². The zero-order valence-corrected chi connectivity index (χ0v) is 14.3. The Morgan fingerprint density at radius 2 is 1.75 bits per heavy atom. The van der Waals surface area contributed by atoms with E-state index in [2.05, 4.69) is 83.6 Å². The van der Waals surface area contributed by atoms with E-state index in [-0.39, 0.29) is 0 Å². The first kappa shape index (κ1) is 15.1. The van der Waals surface area contributed by atoms with Crippen molar-refractivity contribution in [1.29, 1.82) is 0 Å². The summed E-state index contributed by atoms with van der Waals surface area (Å²) in [6, 6.07) is 17.6. The Balaban J connectivity index is 1.61. The highest BCUT2D eigenvalue weighted by molar-refractivity contribution is 5.71. The summed E-state index contributed by atoms with van der Waals surface area (Å²) in [5, 5.41) is 0. The number of nitrogens with zero attached hydrogens (tertiary/aromatic N) is 2. The van der Waals surface area contributed by atoms with Crippen LogP contribution >= 0.6 is 0 Å². The van der Waals surface area contributed by atoms with Gasteiger partial charge in [-0.2, -0.15) is 0 Å². The van der Waals surface area contributed by atoms with E-state index in [9.17, 15) is 0 Å². The van der Waals surface area contributed by atoms with E-state index in [1.54, 1.807) is 0 Å². The molecule has 2 aliphatic rings. The average Bonchev–Trinajstić information content (AvgIpc) is 3.09. The van der Waals surface area contributed by atoms with Crippen molar-refractivity contribution in [2.75, 3.05) is 24.5 Å². The summed E-state index contributed by atoms with van der Waals surface area (Å²) in [6.07, 6.45) is 7.92. The van der Waals surface area contributed by atoms with Gasteiger partial charge in [0.1, 0.15) is 0 Å². The zero-order chi connectivity index (χ0) is 16.4. The Hall–Kier alpha value is -2.48. The lowest BCUT2D eigenvalue weighted by atomic mass is 9.98. The SMILES string of the molecule is CCN1C=C/C(=C\c2ccccc2N2CCc3ccccc3C2)C1. The van der Waals surface area contributed by atoms with Gasteiger partial charge in [-0.15, -0.1) is 0 Å². The number of para-hydroxylation sites is 1. The number of fused-ring (bicyclic) bond motifs is 1. The maximum atomic E-state index is 2.52. The topological polar surface area (TPSA) is 6.48 Å². The molecule has 24 heavy (non-hydrogen) atoms. The lowest BCUT2D eigenvalue weighted by Crippen LogP contribution is -2.30.